The lowest BCUT2D eigenvalue weighted by Crippen LogP contribution is -2.54. The van der Waals surface area contributed by atoms with E-state index in [1.807, 2.05) is 6.92 Å². The van der Waals surface area contributed by atoms with Crippen LogP contribution >= 0.6 is 11.6 Å². The van der Waals surface area contributed by atoms with Crippen molar-refractivity contribution in [2.75, 3.05) is 11.9 Å². The zero-order valence-corrected chi connectivity index (χ0v) is 14.1. The van der Waals surface area contributed by atoms with Gasteiger partial charge in [0.2, 0.25) is 5.91 Å². The predicted octanol–water partition coefficient (Wildman–Crippen LogP) is 2.17. The van der Waals surface area contributed by atoms with Crippen LogP contribution < -0.4 is 10.6 Å². The quantitative estimate of drug-likeness (QED) is 0.645. The molecule has 2 atom stereocenters. The van der Waals surface area contributed by atoms with Crippen molar-refractivity contribution < 1.29 is 14.4 Å². The number of amides is 4. The highest BCUT2D eigenvalue weighted by Crippen LogP contribution is 2.38. The average molecular weight is 351 g/mol. The molecular weight excluding hydrogens is 332 g/mol. The minimum atomic E-state index is -0.860. The lowest BCUT2D eigenvalue weighted by atomic mass is 9.73. The van der Waals surface area contributed by atoms with E-state index >= 15 is 0 Å². The molecule has 0 radical (unpaired) electrons. The van der Waals surface area contributed by atoms with Crippen LogP contribution in [0.5, 0.6) is 0 Å². The number of aromatic nitrogens is 1. The van der Waals surface area contributed by atoms with E-state index in [1.54, 1.807) is 12.1 Å². The van der Waals surface area contributed by atoms with Crippen LogP contribution in [0.15, 0.2) is 18.3 Å². The molecule has 2 aliphatic rings. The summed E-state index contributed by atoms with van der Waals surface area (Å²) in [6.07, 6.45) is 4.94. The van der Waals surface area contributed by atoms with Crippen molar-refractivity contribution in [3.63, 3.8) is 0 Å². The first-order chi connectivity index (χ1) is 11.4. The van der Waals surface area contributed by atoms with E-state index in [0.29, 0.717) is 12.1 Å². The summed E-state index contributed by atoms with van der Waals surface area (Å²) < 4.78 is 0. The highest BCUT2D eigenvalue weighted by Gasteiger charge is 2.55. The van der Waals surface area contributed by atoms with Gasteiger partial charge in [-0.1, -0.05) is 31.4 Å². The van der Waals surface area contributed by atoms with Crippen LogP contribution in [0.3, 0.4) is 0 Å². The number of carbonyl (C=O) groups excluding carboxylic acids is 3. The van der Waals surface area contributed by atoms with E-state index < -0.39 is 17.5 Å². The Bertz CT molecular complexity index is 696. The first-order valence-corrected chi connectivity index (χ1v) is 8.36. The SMILES string of the molecule is C[C@@H]1CCCC[C@@]12NC(=O)N(CC(=O)Nc1cccnc1Cl)C2=O. The zero-order valence-electron chi connectivity index (χ0n) is 13.3. The van der Waals surface area contributed by atoms with Crippen LogP contribution in [0.2, 0.25) is 5.15 Å². The van der Waals surface area contributed by atoms with Gasteiger partial charge in [0.1, 0.15) is 12.1 Å². The molecule has 1 aliphatic carbocycles. The van der Waals surface area contributed by atoms with Gasteiger partial charge < -0.3 is 10.6 Å². The van der Waals surface area contributed by atoms with E-state index in [2.05, 4.69) is 15.6 Å². The number of nitrogens with zero attached hydrogens (tertiary/aromatic N) is 2. The van der Waals surface area contributed by atoms with Gasteiger partial charge >= 0.3 is 6.03 Å². The van der Waals surface area contributed by atoms with Crippen LogP contribution in [0.4, 0.5) is 10.5 Å². The van der Waals surface area contributed by atoms with Gasteiger partial charge in [-0.2, -0.15) is 0 Å². The summed E-state index contributed by atoms with van der Waals surface area (Å²) >= 11 is 5.89. The number of halogens is 1. The molecule has 1 saturated carbocycles. The Labute approximate surface area is 144 Å². The average Bonchev–Trinajstić information content (AvgIpc) is 2.78. The lowest BCUT2D eigenvalue weighted by Gasteiger charge is -2.36. The number of hydrogen-bond acceptors (Lipinski definition) is 4. The molecule has 1 aliphatic heterocycles. The van der Waals surface area contributed by atoms with Crippen LogP contribution in [-0.4, -0.2) is 39.8 Å². The van der Waals surface area contributed by atoms with Gasteiger partial charge in [0.05, 0.1) is 5.69 Å². The molecule has 1 spiro atoms. The molecule has 0 unspecified atom stereocenters. The second kappa shape index (κ2) is 6.39. The molecule has 24 heavy (non-hydrogen) atoms. The fraction of sp³-hybridized carbons (Fsp3) is 0.500. The number of hydrogen-bond donors (Lipinski definition) is 2. The Morgan fingerprint density at radius 3 is 3.00 bits per heavy atom. The van der Waals surface area contributed by atoms with Crippen molar-refractivity contribution in [3.05, 3.63) is 23.5 Å². The maximum absolute atomic E-state index is 12.8. The van der Waals surface area contributed by atoms with Crippen molar-refractivity contribution in [3.8, 4) is 0 Å². The van der Waals surface area contributed by atoms with Gasteiger partial charge in [0.15, 0.2) is 5.15 Å². The molecule has 0 aromatic carbocycles. The lowest BCUT2D eigenvalue weighted by molar-refractivity contribution is -0.136. The van der Waals surface area contributed by atoms with E-state index in [4.69, 9.17) is 11.6 Å². The van der Waals surface area contributed by atoms with Gasteiger partial charge in [-0.3, -0.25) is 14.5 Å². The molecule has 2 fully saturated rings. The molecule has 2 N–H and O–H groups in total. The Kier molecular flexibility index (Phi) is 4.45. The van der Waals surface area contributed by atoms with Gasteiger partial charge in [-0.15, -0.1) is 0 Å². The van der Waals surface area contributed by atoms with E-state index in [-0.39, 0.29) is 23.5 Å². The number of carbonyl (C=O) groups is 3. The fourth-order valence-corrected chi connectivity index (χ4v) is 3.62. The predicted molar refractivity (Wildman–Crippen MR) is 88.5 cm³/mol. The Balaban J connectivity index is 1.71. The zero-order chi connectivity index (χ0) is 17.3. The number of anilines is 1. The summed E-state index contributed by atoms with van der Waals surface area (Å²) in [5.74, 6) is -0.746. The first-order valence-electron chi connectivity index (χ1n) is 7.98. The smallest absolute Gasteiger partial charge is 0.323 e. The molecule has 1 aromatic rings. The summed E-state index contributed by atoms with van der Waals surface area (Å²) in [4.78, 5) is 42.1. The van der Waals surface area contributed by atoms with Gasteiger partial charge in [-0.05, 0) is 30.9 Å². The molecule has 1 saturated heterocycles. The number of rotatable bonds is 3. The number of urea groups is 1. The van der Waals surface area contributed by atoms with Crippen LogP contribution in [0.1, 0.15) is 32.6 Å². The summed E-state index contributed by atoms with van der Waals surface area (Å²) in [5, 5.41) is 5.55. The van der Waals surface area contributed by atoms with E-state index in [0.717, 1.165) is 24.2 Å². The molecule has 4 amide bonds. The topological polar surface area (TPSA) is 91.4 Å². The number of nitrogens with one attached hydrogen (secondary N) is 2. The third kappa shape index (κ3) is 2.84. The van der Waals surface area contributed by atoms with Gasteiger partial charge in [0, 0.05) is 6.20 Å². The Hall–Kier alpha value is -2.15. The van der Waals surface area contributed by atoms with Crippen LogP contribution in [-0.2, 0) is 9.59 Å². The molecule has 2 heterocycles. The molecular formula is C16H19ClN4O3. The molecule has 1 aromatic heterocycles. The molecule has 0 bridgehead atoms. The van der Waals surface area contributed by atoms with Crippen molar-refractivity contribution in [1.29, 1.82) is 0 Å². The van der Waals surface area contributed by atoms with Gasteiger partial charge in [0.25, 0.3) is 5.91 Å². The fourth-order valence-electron chi connectivity index (χ4n) is 3.45. The molecule has 128 valence electrons. The summed E-state index contributed by atoms with van der Waals surface area (Å²) in [7, 11) is 0. The number of pyridine rings is 1. The van der Waals surface area contributed by atoms with Crippen molar-refractivity contribution in [1.82, 2.24) is 15.2 Å². The molecule has 7 nitrogen and oxygen atoms in total. The largest absolute Gasteiger partial charge is 0.325 e. The Morgan fingerprint density at radius 1 is 1.50 bits per heavy atom. The Morgan fingerprint density at radius 2 is 2.29 bits per heavy atom. The van der Waals surface area contributed by atoms with Gasteiger partial charge in [-0.25, -0.2) is 9.78 Å². The normalized spacial score (nSPS) is 26.6. The monoisotopic (exact) mass is 350 g/mol. The van der Waals surface area contributed by atoms with Crippen molar-refractivity contribution in [2.24, 2.45) is 5.92 Å². The second-order valence-corrected chi connectivity index (χ2v) is 6.69. The van der Waals surface area contributed by atoms with Crippen molar-refractivity contribution in [2.45, 2.75) is 38.1 Å². The second-order valence-electron chi connectivity index (χ2n) is 6.33. The van der Waals surface area contributed by atoms with E-state index in [9.17, 15) is 14.4 Å². The maximum atomic E-state index is 12.8. The minimum absolute atomic E-state index is 0.0588. The summed E-state index contributed by atoms with van der Waals surface area (Å²) in [5.41, 5.74) is -0.515. The van der Waals surface area contributed by atoms with E-state index in [1.165, 1.54) is 6.20 Å². The minimum Gasteiger partial charge on any atom is -0.323 e. The first kappa shape index (κ1) is 16.7. The highest BCUT2D eigenvalue weighted by atomic mass is 35.5. The third-order valence-corrected chi connectivity index (χ3v) is 5.14. The molecule has 3 rings (SSSR count). The highest BCUT2D eigenvalue weighted by molar-refractivity contribution is 6.32. The maximum Gasteiger partial charge on any atom is 0.325 e. The van der Waals surface area contributed by atoms with Crippen LogP contribution in [0.25, 0.3) is 0 Å². The third-order valence-electron chi connectivity index (χ3n) is 4.84. The standard InChI is InChI=1S/C16H19ClN4O3/c1-10-5-2-3-7-16(10)14(23)21(15(24)20-16)9-12(22)19-11-6-4-8-18-13(11)17/h4,6,8,10H,2-3,5,7,9H2,1H3,(H,19,22)(H,20,24)/t10-,16-/m1/s1. The summed E-state index contributed by atoms with van der Waals surface area (Å²) in [6.45, 7) is 1.63. The molecule has 8 heteroatoms. The summed E-state index contributed by atoms with van der Waals surface area (Å²) in [6, 6.07) is 2.72. The van der Waals surface area contributed by atoms with Crippen molar-refractivity contribution >= 4 is 35.1 Å². The number of imide groups is 1. The van der Waals surface area contributed by atoms with Crippen LogP contribution in [0, 0.1) is 5.92 Å².